The predicted molar refractivity (Wildman–Crippen MR) is 127 cm³/mol. The van der Waals surface area contributed by atoms with Crippen molar-refractivity contribution >= 4 is 23.7 Å². The number of hydrogen-bond acceptors (Lipinski definition) is 4. The van der Waals surface area contributed by atoms with Crippen LogP contribution in [0.1, 0.15) is 35.4 Å². The fourth-order valence-corrected chi connectivity index (χ4v) is 4.94. The van der Waals surface area contributed by atoms with Crippen LogP contribution >= 0.6 is 0 Å². The van der Waals surface area contributed by atoms with E-state index in [0.29, 0.717) is 11.3 Å². The van der Waals surface area contributed by atoms with E-state index >= 15 is 0 Å². The van der Waals surface area contributed by atoms with Gasteiger partial charge < -0.3 is 20.1 Å². The molecule has 0 saturated heterocycles. The van der Waals surface area contributed by atoms with Gasteiger partial charge in [0.2, 0.25) is 5.91 Å². The maximum Gasteiger partial charge on any atom is 0.407 e. The van der Waals surface area contributed by atoms with E-state index in [9.17, 15) is 19.5 Å². The number of carbonyl (C=O) groups excluding carboxylic acids is 2. The number of benzene rings is 3. The summed E-state index contributed by atoms with van der Waals surface area (Å²) >= 11 is 0. The fourth-order valence-electron chi connectivity index (χ4n) is 4.94. The Morgan fingerprint density at radius 3 is 2.12 bits per heavy atom. The van der Waals surface area contributed by atoms with Gasteiger partial charge in [0.05, 0.1) is 0 Å². The van der Waals surface area contributed by atoms with E-state index in [1.54, 1.807) is 31.2 Å². The second kappa shape index (κ2) is 8.67. The summed E-state index contributed by atoms with van der Waals surface area (Å²) < 4.78 is 5.54. The highest BCUT2D eigenvalue weighted by Gasteiger charge is 2.38. The van der Waals surface area contributed by atoms with Gasteiger partial charge in [-0.25, -0.2) is 4.79 Å². The maximum absolute atomic E-state index is 13.1. The third-order valence-corrected chi connectivity index (χ3v) is 6.58. The van der Waals surface area contributed by atoms with Crippen LogP contribution in [0.3, 0.4) is 0 Å². The number of hydrogen-bond donors (Lipinski definition) is 2. The first kappa shape index (κ1) is 21.7. The minimum absolute atomic E-state index is 0.0320. The van der Waals surface area contributed by atoms with E-state index in [0.717, 1.165) is 22.3 Å². The highest BCUT2D eigenvalue weighted by atomic mass is 16.5. The molecule has 0 bridgehead atoms. The van der Waals surface area contributed by atoms with Crippen molar-refractivity contribution in [2.24, 2.45) is 0 Å². The minimum Gasteiger partial charge on any atom is -0.481 e. The molecule has 2 amide bonds. The predicted octanol–water partition coefficient (Wildman–Crippen LogP) is 4.13. The number of amides is 2. The zero-order valence-electron chi connectivity index (χ0n) is 18.6. The molecule has 7 nitrogen and oxygen atoms in total. The Kier molecular flexibility index (Phi) is 5.53. The molecule has 1 heterocycles. The van der Waals surface area contributed by atoms with Gasteiger partial charge in [-0.3, -0.25) is 9.59 Å². The quantitative estimate of drug-likeness (QED) is 0.602. The Labute approximate surface area is 197 Å². The first-order chi connectivity index (χ1) is 16.5. The van der Waals surface area contributed by atoms with E-state index in [-0.39, 0.29) is 25.0 Å². The summed E-state index contributed by atoms with van der Waals surface area (Å²) in [6, 6.07) is 22.2. The molecule has 3 aromatic carbocycles. The summed E-state index contributed by atoms with van der Waals surface area (Å²) in [7, 11) is 0. The average molecular weight is 456 g/mol. The van der Waals surface area contributed by atoms with Crippen LogP contribution in [0.15, 0.2) is 72.8 Å². The lowest BCUT2D eigenvalue weighted by Crippen LogP contribution is -2.47. The number of ether oxygens (including phenoxy) is 1. The zero-order valence-corrected chi connectivity index (χ0v) is 18.6. The molecule has 2 aliphatic rings. The van der Waals surface area contributed by atoms with E-state index in [4.69, 9.17) is 4.74 Å². The van der Waals surface area contributed by atoms with Crippen molar-refractivity contribution in [1.29, 1.82) is 0 Å². The van der Waals surface area contributed by atoms with E-state index < -0.39 is 24.0 Å². The first-order valence-corrected chi connectivity index (χ1v) is 11.2. The van der Waals surface area contributed by atoms with Crippen molar-refractivity contribution < 1.29 is 24.2 Å². The van der Waals surface area contributed by atoms with Gasteiger partial charge in [-0.05, 0) is 40.8 Å². The van der Waals surface area contributed by atoms with Crippen molar-refractivity contribution in [2.75, 3.05) is 18.1 Å². The molecule has 0 radical (unpaired) electrons. The number of anilines is 1. The second-order valence-corrected chi connectivity index (χ2v) is 8.59. The van der Waals surface area contributed by atoms with Crippen LogP contribution in [0, 0.1) is 0 Å². The number of carbonyl (C=O) groups is 3. The Bertz CT molecular complexity index is 1240. The van der Waals surface area contributed by atoms with Crippen LogP contribution in [0.4, 0.5) is 10.5 Å². The fraction of sp³-hybridized carbons (Fsp3) is 0.222. The molecule has 5 rings (SSSR count). The van der Waals surface area contributed by atoms with Crippen LogP contribution in [0.2, 0.25) is 0 Å². The number of nitrogens with zero attached hydrogens (tertiary/aromatic N) is 1. The third kappa shape index (κ3) is 3.69. The molecule has 2 atom stereocenters. The van der Waals surface area contributed by atoms with E-state index in [1.807, 2.05) is 36.4 Å². The summed E-state index contributed by atoms with van der Waals surface area (Å²) in [6.45, 7) is 1.75. The number of alkyl carbamates (subject to hydrolysis) is 1. The Hall–Kier alpha value is -4.13. The van der Waals surface area contributed by atoms with Gasteiger partial charge in [0.1, 0.15) is 18.6 Å². The highest BCUT2D eigenvalue weighted by molar-refractivity contribution is 6.02. The van der Waals surface area contributed by atoms with Crippen molar-refractivity contribution in [3.05, 3.63) is 89.5 Å². The van der Waals surface area contributed by atoms with Crippen molar-refractivity contribution in [3.8, 4) is 11.1 Å². The van der Waals surface area contributed by atoms with Gasteiger partial charge >= 0.3 is 12.1 Å². The molecular formula is C27H24N2O5. The van der Waals surface area contributed by atoms with Gasteiger partial charge in [0, 0.05) is 18.2 Å². The Morgan fingerprint density at radius 2 is 1.50 bits per heavy atom. The highest BCUT2D eigenvalue weighted by Crippen LogP contribution is 2.44. The lowest BCUT2D eigenvalue weighted by molar-refractivity contribution is -0.138. The summed E-state index contributed by atoms with van der Waals surface area (Å²) in [5.41, 5.74) is 5.63. The molecule has 0 aromatic heterocycles. The third-order valence-electron chi connectivity index (χ3n) is 6.58. The van der Waals surface area contributed by atoms with Gasteiger partial charge in [0.25, 0.3) is 0 Å². The number of fused-ring (bicyclic) bond motifs is 4. The van der Waals surface area contributed by atoms with Gasteiger partial charge in [0.15, 0.2) is 0 Å². The molecule has 0 spiro atoms. The van der Waals surface area contributed by atoms with Crippen molar-refractivity contribution in [3.63, 3.8) is 0 Å². The van der Waals surface area contributed by atoms with E-state index in [1.165, 1.54) is 4.90 Å². The number of aliphatic carboxylic acids is 1. The molecule has 1 aliphatic heterocycles. The molecule has 0 fully saturated rings. The number of carboxylic acid groups (broad SMARTS) is 1. The van der Waals surface area contributed by atoms with Crippen LogP contribution in [-0.4, -0.2) is 42.3 Å². The molecular weight excluding hydrogens is 432 g/mol. The van der Waals surface area contributed by atoms with Gasteiger partial charge in [-0.1, -0.05) is 66.7 Å². The Balaban J connectivity index is 1.25. The van der Waals surface area contributed by atoms with Crippen molar-refractivity contribution in [2.45, 2.75) is 24.8 Å². The maximum atomic E-state index is 13.1. The number of rotatable bonds is 5. The lowest BCUT2D eigenvalue weighted by atomic mass is 9.98. The van der Waals surface area contributed by atoms with Crippen LogP contribution in [0.25, 0.3) is 11.1 Å². The molecule has 2 N–H and O–H groups in total. The van der Waals surface area contributed by atoms with Crippen LogP contribution < -0.4 is 10.2 Å². The summed E-state index contributed by atoms with van der Waals surface area (Å²) in [6.07, 6.45) is -0.690. The molecule has 1 unspecified atom stereocenters. The van der Waals surface area contributed by atoms with Gasteiger partial charge in [-0.15, -0.1) is 0 Å². The largest absolute Gasteiger partial charge is 0.481 e. The number of nitrogens with one attached hydrogen (secondary N) is 1. The SMILES string of the molecule is C[C@H](NC(=O)OCC1c2ccccc2-c2ccccc21)C(=O)N1CC(C(=O)O)c2ccccc21. The van der Waals surface area contributed by atoms with Crippen LogP contribution in [-0.2, 0) is 14.3 Å². The van der Waals surface area contributed by atoms with Crippen molar-refractivity contribution in [1.82, 2.24) is 5.32 Å². The zero-order chi connectivity index (χ0) is 23.8. The molecule has 172 valence electrons. The topological polar surface area (TPSA) is 95.9 Å². The average Bonchev–Trinajstić information content (AvgIpc) is 3.39. The summed E-state index contributed by atoms with van der Waals surface area (Å²) in [4.78, 5) is 38.7. The summed E-state index contributed by atoms with van der Waals surface area (Å²) in [5, 5.41) is 12.1. The molecule has 3 aromatic rings. The first-order valence-electron chi connectivity index (χ1n) is 11.2. The number of para-hydroxylation sites is 1. The van der Waals surface area contributed by atoms with E-state index in [2.05, 4.69) is 17.4 Å². The second-order valence-electron chi connectivity index (χ2n) is 8.59. The lowest BCUT2D eigenvalue weighted by Gasteiger charge is -2.23. The number of carboxylic acids is 1. The standard InChI is InChI=1S/C27H24N2O5/c1-16(25(30)29-14-22(26(31)32)21-12-6-7-13-24(21)29)28-27(33)34-15-23-19-10-4-2-8-17(19)18-9-3-5-11-20(18)23/h2-13,16,22-23H,14-15H2,1H3,(H,28,33)(H,31,32)/t16-,22?/m0/s1. The van der Waals surface area contributed by atoms with Crippen LogP contribution in [0.5, 0.6) is 0 Å². The molecule has 34 heavy (non-hydrogen) atoms. The molecule has 1 aliphatic carbocycles. The molecule has 0 saturated carbocycles. The molecule has 7 heteroatoms. The monoisotopic (exact) mass is 456 g/mol. The normalized spacial score (nSPS) is 16.9. The smallest absolute Gasteiger partial charge is 0.407 e. The summed E-state index contributed by atoms with van der Waals surface area (Å²) in [5.74, 6) is -2.24. The minimum atomic E-state index is -0.986. The Morgan fingerprint density at radius 1 is 0.941 bits per heavy atom. The van der Waals surface area contributed by atoms with Gasteiger partial charge in [-0.2, -0.15) is 0 Å².